The average Bonchev–Trinajstić information content (AvgIpc) is 0. The minimum absolute atomic E-state index is 0. The molecule has 0 aromatic carbocycles. The predicted molar refractivity (Wildman–Crippen MR) is 34.5 cm³/mol. The van der Waals surface area contributed by atoms with Crippen molar-refractivity contribution >= 4 is 0 Å². The molecular formula is H17F6NO4Ti. The van der Waals surface area contributed by atoms with Gasteiger partial charge in [-0.15, -0.1) is 0 Å². The smallest absolute Gasteiger partial charge is 0 e. The maximum absolute atomic E-state index is 0. The number of hydrogen-bond donors (Lipinski definition) is 1. The zero-order chi connectivity index (χ0) is 0. The molecule has 12 heteroatoms. The van der Waals surface area contributed by atoms with Gasteiger partial charge in [0.2, 0.25) is 0 Å². The summed E-state index contributed by atoms with van der Waals surface area (Å²) in [4.78, 5) is 0. The SMILES string of the molecule is F.F.F.F.F.F.N.O.O.O.O.[Ti]. The molecule has 0 fully saturated rings. The van der Waals surface area contributed by atoms with Crippen molar-refractivity contribution in [3.05, 3.63) is 0 Å². The van der Waals surface area contributed by atoms with E-state index < -0.39 is 0 Å². The van der Waals surface area contributed by atoms with Crippen LogP contribution in [0, 0.1) is 0 Å². The van der Waals surface area contributed by atoms with Gasteiger partial charge in [0, 0.05) is 21.7 Å². The predicted octanol–water partition coefficient (Wildman–Crippen LogP) is -2.22. The summed E-state index contributed by atoms with van der Waals surface area (Å²) in [5.74, 6) is 0. The summed E-state index contributed by atoms with van der Waals surface area (Å²) >= 11 is 0. The number of halogens is 6. The van der Waals surface area contributed by atoms with E-state index in [1.54, 1.807) is 0 Å². The van der Waals surface area contributed by atoms with E-state index in [0.717, 1.165) is 0 Å². The molecule has 0 spiro atoms. The maximum atomic E-state index is 0. The molecule has 0 saturated heterocycles. The molecule has 0 unspecified atom stereocenters. The zero-order valence-electron chi connectivity index (χ0n) is 5.66. The molecule has 0 radical (unpaired) electrons. The summed E-state index contributed by atoms with van der Waals surface area (Å²) in [7, 11) is 0. The van der Waals surface area contributed by atoms with Gasteiger partial charge in [0.15, 0.2) is 0 Å². The molecule has 12 heavy (non-hydrogen) atoms. The van der Waals surface area contributed by atoms with E-state index in [0.29, 0.717) is 0 Å². The molecular weight excluding hydrogens is 240 g/mol. The van der Waals surface area contributed by atoms with E-state index in [2.05, 4.69) is 0 Å². The minimum atomic E-state index is 0. The molecule has 0 rings (SSSR count). The second kappa shape index (κ2) is 127000. The Morgan fingerprint density at radius 1 is 0.333 bits per heavy atom. The van der Waals surface area contributed by atoms with Crippen LogP contribution in [-0.2, 0) is 21.7 Å². The number of rotatable bonds is 0. The standard InChI is InChI=1S/6FH.H3N.4H2O.Ti/h6*1H;1H3;4*1H2;. The Morgan fingerprint density at radius 2 is 0.333 bits per heavy atom. The van der Waals surface area contributed by atoms with Crippen molar-refractivity contribution in [2.75, 3.05) is 0 Å². The van der Waals surface area contributed by atoms with Gasteiger partial charge in [-0.3, -0.25) is 28.2 Å². The van der Waals surface area contributed by atoms with Gasteiger partial charge in [0.25, 0.3) is 0 Å². The van der Waals surface area contributed by atoms with Gasteiger partial charge in [-0.05, 0) is 0 Å². The van der Waals surface area contributed by atoms with Gasteiger partial charge in [0.05, 0.1) is 0 Å². The second-order valence-corrected chi connectivity index (χ2v) is 0. The van der Waals surface area contributed by atoms with Crippen LogP contribution >= 0.6 is 0 Å². The van der Waals surface area contributed by atoms with Crippen LogP contribution in [-0.4, -0.2) is 21.9 Å². The molecule has 0 aliphatic carbocycles. The Kier molecular flexibility index (Phi) is 1770000000. The van der Waals surface area contributed by atoms with Crippen molar-refractivity contribution in [3.63, 3.8) is 0 Å². The molecule has 11 N–H and O–H groups in total. The third-order valence-electron chi connectivity index (χ3n) is 0. The maximum Gasteiger partial charge on any atom is 0 e. The van der Waals surface area contributed by atoms with Gasteiger partial charge in [-0.2, -0.15) is 0 Å². The summed E-state index contributed by atoms with van der Waals surface area (Å²) in [6.45, 7) is 0. The topological polar surface area (TPSA) is 161 Å². The summed E-state index contributed by atoms with van der Waals surface area (Å²) in [5.41, 5.74) is 0. The van der Waals surface area contributed by atoms with Crippen molar-refractivity contribution in [1.82, 2.24) is 6.15 Å². The van der Waals surface area contributed by atoms with Crippen LogP contribution < -0.4 is 6.15 Å². The fourth-order valence-electron chi connectivity index (χ4n) is 0. The third kappa shape index (κ3) is 93900. The first kappa shape index (κ1) is 167000. The van der Waals surface area contributed by atoms with Crippen LogP contribution in [0.3, 0.4) is 0 Å². The van der Waals surface area contributed by atoms with Crippen molar-refractivity contribution in [2.24, 2.45) is 0 Å². The Hall–Kier alpha value is 0.0943. The first-order chi connectivity index (χ1) is 0. The monoisotopic (exact) mass is 257 g/mol. The molecule has 0 aliphatic heterocycles. The second-order valence-electron chi connectivity index (χ2n) is 0. The van der Waals surface area contributed by atoms with E-state index >= 15 is 0 Å². The van der Waals surface area contributed by atoms with Crippen LogP contribution in [0.5, 0.6) is 0 Å². The van der Waals surface area contributed by atoms with Crippen LogP contribution in [0.4, 0.5) is 28.2 Å². The molecule has 0 heterocycles. The van der Waals surface area contributed by atoms with Crippen molar-refractivity contribution < 1.29 is 71.8 Å². The molecule has 0 amide bonds. The van der Waals surface area contributed by atoms with Crippen molar-refractivity contribution in [2.45, 2.75) is 0 Å². The molecule has 0 bridgehead atoms. The fraction of sp³-hybridized carbons (Fsp3) is 0. The molecule has 0 aromatic heterocycles. The molecule has 5 nitrogen and oxygen atoms in total. The van der Waals surface area contributed by atoms with E-state index in [4.69, 9.17) is 0 Å². The summed E-state index contributed by atoms with van der Waals surface area (Å²) in [6, 6.07) is 0. The summed E-state index contributed by atoms with van der Waals surface area (Å²) in [5, 5.41) is 0. The zero-order valence-corrected chi connectivity index (χ0v) is 7.22. The third-order valence-corrected chi connectivity index (χ3v) is 0. The molecule has 0 saturated carbocycles. The normalized spacial score (nSPS) is 0. The Morgan fingerprint density at radius 3 is 0.333 bits per heavy atom. The first-order valence-corrected chi connectivity index (χ1v) is 0. The van der Waals surface area contributed by atoms with Gasteiger partial charge in [-0.25, -0.2) is 0 Å². The minimum Gasteiger partial charge on any atom is -0.412 e. The summed E-state index contributed by atoms with van der Waals surface area (Å²) < 4.78 is 0. The van der Waals surface area contributed by atoms with Crippen LogP contribution in [0.15, 0.2) is 0 Å². The van der Waals surface area contributed by atoms with Crippen LogP contribution in [0.2, 0.25) is 0 Å². The molecule has 0 aromatic rings. The largest absolute Gasteiger partial charge is 0.412 e. The Balaban J connectivity index is 0. The van der Waals surface area contributed by atoms with Gasteiger partial charge >= 0.3 is 0 Å². The van der Waals surface area contributed by atoms with E-state index in [9.17, 15) is 0 Å². The Labute approximate surface area is 78.8 Å². The van der Waals surface area contributed by atoms with Gasteiger partial charge in [0.1, 0.15) is 0 Å². The molecule has 92 valence electrons. The van der Waals surface area contributed by atoms with Crippen LogP contribution in [0.25, 0.3) is 0 Å². The number of hydrogen-bond acceptors (Lipinski definition) is 1. The van der Waals surface area contributed by atoms with E-state index in [-0.39, 0.29) is 78.0 Å². The van der Waals surface area contributed by atoms with Crippen molar-refractivity contribution in [1.29, 1.82) is 0 Å². The molecule has 0 atom stereocenters. The van der Waals surface area contributed by atoms with Gasteiger partial charge < -0.3 is 28.1 Å². The first-order valence-electron chi connectivity index (χ1n) is 0. The van der Waals surface area contributed by atoms with Crippen LogP contribution in [0.1, 0.15) is 0 Å². The fourth-order valence-corrected chi connectivity index (χ4v) is 0. The van der Waals surface area contributed by atoms with Gasteiger partial charge in [-0.1, -0.05) is 0 Å². The Bertz CT molecular complexity index is 19.5. The van der Waals surface area contributed by atoms with E-state index in [1.807, 2.05) is 0 Å². The summed E-state index contributed by atoms with van der Waals surface area (Å²) in [6.07, 6.45) is 0. The van der Waals surface area contributed by atoms with E-state index in [1.165, 1.54) is 0 Å². The average molecular weight is 257 g/mol. The quantitative estimate of drug-likeness (QED) is 0.377. The molecule has 0 aliphatic rings. The van der Waals surface area contributed by atoms with Crippen molar-refractivity contribution in [3.8, 4) is 0 Å².